The van der Waals surface area contributed by atoms with Gasteiger partial charge in [0.1, 0.15) is 0 Å². The summed E-state index contributed by atoms with van der Waals surface area (Å²) >= 11 is 0.997. The first-order valence-electron chi connectivity index (χ1n) is 6.55. The van der Waals surface area contributed by atoms with E-state index in [-0.39, 0.29) is 0 Å². The molecule has 1 fully saturated rings. The molecule has 0 aromatic rings. The summed E-state index contributed by atoms with van der Waals surface area (Å²) in [6, 6.07) is 0. The fourth-order valence-corrected chi connectivity index (χ4v) is 2.67. The van der Waals surface area contributed by atoms with Gasteiger partial charge in [-0.2, -0.15) is 0 Å². The Kier molecular flexibility index (Phi) is 6.76. The van der Waals surface area contributed by atoms with Crippen molar-refractivity contribution in [3.05, 3.63) is 0 Å². The van der Waals surface area contributed by atoms with Gasteiger partial charge < -0.3 is 9.84 Å². The van der Waals surface area contributed by atoms with E-state index in [2.05, 4.69) is 64.5 Å². The molecule has 1 aliphatic rings. The molecular weight excluding hydrogens is 308 g/mol. The number of carbonyl (C=O) groups is 1. The molecule has 23 heavy (non-hydrogen) atoms. The van der Waals surface area contributed by atoms with Crippen molar-refractivity contribution in [2.45, 2.75) is 37.2 Å². The van der Waals surface area contributed by atoms with Gasteiger partial charge in [-0.05, 0) is 82.6 Å². The lowest BCUT2D eigenvalue weighted by atomic mass is 10.2. The van der Waals surface area contributed by atoms with Gasteiger partial charge in [0.05, 0.1) is 0 Å². The van der Waals surface area contributed by atoms with Crippen LogP contribution in [0.4, 0.5) is 0 Å². The van der Waals surface area contributed by atoms with Gasteiger partial charge in [-0.3, -0.25) is 4.79 Å². The highest BCUT2D eigenvalue weighted by Crippen LogP contribution is 2.59. The Labute approximate surface area is 140 Å². The molecule has 1 saturated carbocycles. The maximum atomic E-state index is 11.1. The summed E-state index contributed by atoms with van der Waals surface area (Å²) in [5.41, 5.74) is -0.847. The first-order chi connectivity index (χ1) is 11.0. The van der Waals surface area contributed by atoms with Crippen LogP contribution in [0.5, 0.6) is 0 Å². The second-order valence-corrected chi connectivity index (χ2v) is 5.46. The highest BCUT2D eigenvalue weighted by Gasteiger charge is 2.70. The summed E-state index contributed by atoms with van der Waals surface area (Å²) in [6.45, 7) is 3.16. The van der Waals surface area contributed by atoms with Gasteiger partial charge in [0.25, 0.3) is 0 Å². The highest BCUT2D eigenvalue weighted by atomic mass is 32.2. The number of thioether (sulfide) groups is 1. The number of esters is 1. The van der Waals surface area contributed by atoms with Crippen molar-refractivity contribution in [2.75, 3.05) is 0 Å². The zero-order valence-corrected chi connectivity index (χ0v) is 13.5. The molecule has 1 aliphatic carbocycles. The number of aliphatic hydroxyl groups is 1. The molecule has 0 heterocycles. The minimum absolute atomic E-state index is 0.358. The molecule has 0 spiro atoms. The SMILES string of the molecule is C#CC#CC#CC#CC#CC#CSC1(O)CC1(CC)OC(C)=O. The van der Waals surface area contributed by atoms with E-state index in [4.69, 9.17) is 11.2 Å². The molecule has 0 aromatic heterocycles. The molecule has 1 N–H and O–H groups in total. The van der Waals surface area contributed by atoms with E-state index in [9.17, 15) is 9.90 Å². The zero-order valence-electron chi connectivity index (χ0n) is 12.7. The lowest BCUT2D eigenvalue weighted by molar-refractivity contribution is -0.151. The Hall–Kier alpha value is -2.86. The van der Waals surface area contributed by atoms with E-state index >= 15 is 0 Å². The van der Waals surface area contributed by atoms with E-state index < -0.39 is 16.5 Å². The minimum Gasteiger partial charge on any atom is -0.455 e. The summed E-state index contributed by atoms with van der Waals surface area (Å²) in [7, 11) is 0. The lowest BCUT2D eigenvalue weighted by Crippen LogP contribution is -2.27. The monoisotopic (exact) mass is 320 g/mol. The van der Waals surface area contributed by atoms with Crippen LogP contribution in [0.25, 0.3) is 0 Å². The van der Waals surface area contributed by atoms with E-state index in [0.717, 1.165) is 11.8 Å². The Bertz CT molecular complexity index is 837. The Balaban J connectivity index is 2.53. The largest absolute Gasteiger partial charge is 0.455 e. The number of hydrogen-bond donors (Lipinski definition) is 1. The summed E-state index contributed by atoms with van der Waals surface area (Å²) in [4.78, 5) is 9.89. The average Bonchev–Trinajstić information content (AvgIpc) is 3.08. The number of ether oxygens (including phenoxy) is 1. The third kappa shape index (κ3) is 5.44. The number of carbonyl (C=O) groups excluding carboxylic acids is 1. The predicted molar refractivity (Wildman–Crippen MR) is 89.7 cm³/mol. The standard InChI is InChI=1S/C19H12O3S/c1-4-6-7-8-9-10-11-12-13-14-15-23-19(21)16-18(19,5-2)22-17(3)20/h1,21H,5,16H2,2-3H3. The van der Waals surface area contributed by atoms with Gasteiger partial charge in [0, 0.05) is 13.3 Å². The van der Waals surface area contributed by atoms with Gasteiger partial charge in [-0.25, -0.2) is 0 Å². The topological polar surface area (TPSA) is 46.5 Å². The molecule has 0 bridgehead atoms. The number of hydrogen-bond acceptors (Lipinski definition) is 4. The van der Waals surface area contributed by atoms with Crippen LogP contribution in [-0.4, -0.2) is 21.6 Å². The molecule has 0 amide bonds. The van der Waals surface area contributed by atoms with Crippen molar-refractivity contribution in [1.82, 2.24) is 0 Å². The van der Waals surface area contributed by atoms with E-state index in [1.165, 1.54) is 6.92 Å². The van der Waals surface area contributed by atoms with Crippen molar-refractivity contribution in [3.63, 3.8) is 0 Å². The molecule has 4 heteroatoms. The molecule has 112 valence electrons. The molecular formula is C19H12O3S. The van der Waals surface area contributed by atoms with Crippen LogP contribution in [-0.2, 0) is 9.53 Å². The third-order valence-corrected chi connectivity index (χ3v) is 3.92. The van der Waals surface area contributed by atoms with Crippen LogP contribution in [0.1, 0.15) is 26.7 Å². The maximum absolute atomic E-state index is 11.1. The molecule has 3 nitrogen and oxygen atoms in total. The molecule has 1 rings (SSSR count). The van der Waals surface area contributed by atoms with Gasteiger partial charge in [-0.15, -0.1) is 6.42 Å². The molecule has 0 aromatic carbocycles. The highest BCUT2D eigenvalue weighted by molar-refractivity contribution is 8.05. The molecule has 2 atom stereocenters. The summed E-state index contributed by atoms with van der Waals surface area (Å²) in [6.07, 6.45) is 5.79. The van der Waals surface area contributed by atoms with Crippen molar-refractivity contribution >= 4 is 17.7 Å². The summed E-state index contributed by atoms with van der Waals surface area (Å²) in [5, 5.41) is 13.0. The van der Waals surface area contributed by atoms with Gasteiger partial charge in [0.15, 0.2) is 10.5 Å². The fraction of sp³-hybridized carbons (Fsp3) is 0.316. The normalized spacial score (nSPS) is 22.3. The Morgan fingerprint density at radius 1 is 1.13 bits per heavy atom. The van der Waals surface area contributed by atoms with Gasteiger partial charge in [0.2, 0.25) is 0 Å². The Morgan fingerprint density at radius 3 is 2.13 bits per heavy atom. The first kappa shape index (κ1) is 18.2. The van der Waals surface area contributed by atoms with Crippen molar-refractivity contribution in [1.29, 1.82) is 0 Å². The lowest BCUT2D eigenvalue weighted by Gasteiger charge is -2.17. The van der Waals surface area contributed by atoms with Crippen LogP contribution in [0.3, 0.4) is 0 Å². The van der Waals surface area contributed by atoms with E-state index in [1.54, 1.807) is 0 Å². The summed E-state index contributed by atoms with van der Waals surface area (Å²) < 4.78 is 5.19. The third-order valence-electron chi connectivity index (χ3n) is 2.87. The zero-order chi connectivity index (χ0) is 17.2. The predicted octanol–water partition coefficient (Wildman–Crippen LogP) is 1.13. The van der Waals surface area contributed by atoms with Crippen molar-refractivity contribution in [3.8, 4) is 70.9 Å². The average molecular weight is 320 g/mol. The van der Waals surface area contributed by atoms with Crippen LogP contribution < -0.4 is 0 Å². The van der Waals surface area contributed by atoms with Gasteiger partial charge in [-0.1, -0.05) is 6.92 Å². The van der Waals surface area contributed by atoms with Crippen LogP contribution in [0.15, 0.2) is 0 Å². The van der Waals surface area contributed by atoms with E-state index in [1.807, 2.05) is 6.92 Å². The molecule has 0 aliphatic heterocycles. The number of terminal acetylenes is 1. The number of rotatable bonds is 3. The molecule has 0 saturated heterocycles. The quantitative estimate of drug-likeness (QED) is 0.481. The van der Waals surface area contributed by atoms with Crippen molar-refractivity contribution in [2.24, 2.45) is 0 Å². The fourth-order valence-electron chi connectivity index (χ4n) is 1.73. The maximum Gasteiger partial charge on any atom is 0.303 e. The van der Waals surface area contributed by atoms with Crippen LogP contribution >= 0.6 is 11.8 Å². The molecule has 0 radical (unpaired) electrons. The van der Waals surface area contributed by atoms with Gasteiger partial charge >= 0.3 is 5.97 Å². The molecule has 2 unspecified atom stereocenters. The minimum atomic E-state index is -1.17. The van der Waals surface area contributed by atoms with Crippen LogP contribution in [0, 0.1) is 70.9 Å². The van der Waals surface area contributed by atoms with Crippen molar-refractivity contribution < 1.29 is 14.6 Å². The second kappa shape index (κ2) is 8.55. The Morgan fingerprint density at radius 2 is 1.65 bits per heavy atom. The van der Waals surface area contributed by atoms with E-state index in [0.29, 0.717) is 12.8 Å². The smallest absolute Gasteiger partial charge is 0.303 e. The second-order valence-electron chi connectivity index (χ2n) is 4.38. The summed E-state index contributed by atoms with van der Waals surface area (Å²) in [5.74, 6) is 23.8. The first-order valence-corrected chi connectivity index (χ1v) is 7.37. The van der Waals surface area contributed by atoms with Crippen LogP contribution in [0.2, 0.25) is 0 Å².